The molecule has 0 bridgehead atoms. The topological polar surface area (TPSA) is 74.6 Å². The fraction of sp³-hybridized carbons (Fsp3) is 0.467. The Morgan fingerprint density at radius 2 is 2.05 bits per heavy atom. The molecule has 0 aliphatic carbocycles. The van der Waals surface area contributed by atoms with E-state index in [-0.39, 0.29) is 6.03 Å². The minimum atomic E-state index is -0.178. The van der Waals surface area contributed by atoms with Gasteiger partial charge in [-0.05, 0) is 24.6 Å². The van der Waals surface area contributed by atoms with Crippen LogP contribution < -0.4 is 14.8 Å². The quantitative estimate of drug-likeness (QED) is 0.835. The fourth-order valence-corrected chi connectivity index (χ4v) is 1.87. The number of hydrogen-bond acceptors (Lipinski definition) is 4. The number of nitrogens with one attached hydrogen (secondary N) is 1. The SMILES string of the molecule is CCN(CCC#N)C(=O)NCc1ccc(OC)c(OC)c1. The van der Waals surface area contributed by atoms with Gasteiger partial charge in [-0.15, -0.1) is 0 Å². The third-order valence-electron chi connectivity index (χ3n) is 3.05. The Morgan fingerprint density at radius 1 is 1.33 bits per heavy atom. The van der Waals surface area contributed by atoms with E-state index in [1.165, 1.54) is 0 Å². The van der Waals surface area contributed by atoms with Crippen molar-refractivity contribution < 1.29 is 14.3 Å². The molecule has 0 aliphatic rings. The smallest absolute Gasteiger partial charge is 0.317 e. The molecule has 6 heteroatoms. The first-order chi connectivity index (χ1) is 10.2. The highest BCUT2D eigenvalue weighted by Gasteiger charge is 2.11. The van der Waals surface area contributed by atoms with Gasteiger partial charge in [0.15, 0.2) is 11.5 Å². The van der Waals surface area contributed by atoms with E-state index in [2.05, 4.69) is 5.32 Å². The second kappa shape index (κ2) is 8.69. The maximum atomic E-state index is 12.0. The molecule has 1 rings (SSSR count). The second-order valence-corrected chi connectivity index (χ2v) is 4.34. The van der Waals surface area contributed by atoms with Gasteiger partial charge in [0.1, 0.15) is 0 Å². The van der Waals surface area contributed by atoms with Crippen molar-refractivity contribution in [2.24, 2.45) is 0 Å². The van der Waals surface area contributed by atoms with Crippen molar-refractivity contribution >= 4 is 6.03 Å². The van der Waals surface area contributed by atoms with Crippen LogP contribution in [0, 0.1) is 11.3 Å². The molecule has 0 aromatic heterocycles. The molecule has 0 spiro atoms. The van der Waals surface area contributed by atoms with Crippen LogP contribution in [0.2, 0.25) is 0 Å². The summed E-state index contributed by atoms with van der Waals surface area (Å²) in [7, 11) is 3.15. The van der Waals surface area contributed by atoms with Crippen LogP contribution in [0.15, 0.2) is 18.2 Å². The first-order valence-corrected chi connectivity index (χ1v) is 6.76. The highest BCUT2D eigenvalue weighted by molar-refractivity contribution is 5.74. The molecule has 0 radical (unpaired) electrons. The van der Waals surface area contributed by atoms with E-state index in [9.17, 15) is 4.79 Å². The van der Waals surface area contributed by atoms with Gasteiger partial charge < -0.3 is 19.7 Å². The molecule has 2 amide bonds. The third-order valence-corrected chi connectivity index (χ3v) is 3.05. The third kappa shape index (κ3) is 4.88. The molecule has 0 atom stereocenters. The minimum Gasteiger partial charge on any atom is -0.493 e. The second-order valence-electron chi connectivity index (χ2n) is 4.34. The van der Waals surface area contributed by atoms with Crippen molar-refractivity contribution in [3.8, 4) is 17.6 Å². The highest BCUT2D eigenvalue weighted by atomic mass is 16.5. The molecule has 0 aliphatic heterocycles. The lowest BCUT2D eigenvalue weighted by atomic mass is 10.2. The monoisotopic (exact) mass is 291 g/mol. The molecule has 0 saturated carbocycles. The van der Waals surface area contributed by atoms with Crippen molar-refractivity contribution in [1.82, 2.24) is 10.2 Å². The van der Waals surface area contributed by atoms with Gasteiger partial charge in [0, 0.05) is 19.6 Å². The van der Waals surface area contributed by atoms with Crippen molar-refractivity contribution in [2.45, 2.75) is 19.9 Å². The normalized spacial score (nSPS) is 9.62. The van der Waals surface area contributed by atoms with Crippen LogP contribution in [-0.2, 0) is 6.54 Å². The van der Waals surface area contributed by atoms with Crippen molar-refractivity contribution in [3.05, 3.63) is 23.8 Å². The van der Waals surface area contributed by atoms with Crippen LogP contribution >= 0.6 is 0 Å². The number of benzene rings is 1. The van der Waals surface area contributed by atoms with Crippen molar-refractivity contribution in [1.29, 1.82) is 5.26 Å². The van der Waals surface area contributed by atoms with Crippen LogP contribution in [0.1, 0.15) is 18.9 Å². The van der Waals surface area contributed by atoms with Gasteiger partial charge in [0.2, 0.25) is 0 Å². The van der Waals surface area contributed by atoms with Gasteiger partial charge in [0.25, 0.3) is 0 Å². The summed E-state index contributed by atoms with van der Waals surface area (Å²) in [4.78, 5) is 13.6. The molecule has 1 aromatic carbocycles. The average molecular weight is 291 g/mol. The zero-order valence-corrected chi connectivity index (χ0v) is 12.7. The number of amides is 2. The zero-order valence-electron chi connectivity index (χ0n) is 12.7. The van der Waals surface area contributed by atoms with E-state index in [0.29, 0.717) is 37.6 Å². The Morgan fingerprint density at radius 3 is 2.62 bits per heavy atom. The summed E-state index contributed by atoms with van der Waals surface area (Å²) in [6.07, 6.45) is 0.331. The predicted molar refractivity (Wildman–Crippen MR) is 79.3 cm³/mol. The van der Waals surface area contributed by atoms with E-state index < -0.39 is 0 Å². The summed E-state index contributed by atoms with van der Waals surface area (Å²) in [6, 6.07) is 7.35. The van der Waals surface area contributed by atoms with Gasteiger partial charge in [-0.25, -0.2) is 4.79 Å². The average Bonchev–Trinajstić information content (AvgIpc) is 2.53. The fourth-order valence-electron chi connectivity index (χ4n) is 1.87. The van der Waals surface area contributed by atoms with E-state index in [1.54, 1.807) is 25.2 Å². The Bertz CT molecular complexity index is 511. The molecule has 1 aromatic rings. The number of nitrogens with zero attached hydrogens (tertiary/aromatic N) is 2. The van der Waals surface area contributed by atoms with Crippen LogP contribution in [0.5, 0.6) is 11.5 Å². The zero-order chi connectivity index (χ0) is 15.7. The molecule has 6 nitrogen and oxygen atoms in total. The summed E-state index contributed by atoms with van der Waals surface area (Å²) >= 11 is 0. The standard InChI is InChI=1S/C15H21N3O3/c1-4-18(9-5-8-16)15(19)17-11-12-6-7-13(20-2)14(10-12)21-3/h6-7,10H,4-5,9,11H2,1-3H3,(H,17,19). The minimum absolute atomic E-state index is 0.178. The van der Waals surface area contributed by atoms with Gasteiger partial charge in [-0.1, -0.05) is 6.07 Å². The summed E-state index contributed by atoms with van der Waals surface area (Å²) in [6.45, 7) is 3.28. The molecule has 21 heavy (non-hydrogen) atoms. The molecular weight excluding hydrogens is 270 g/mol. The van der Waals surface area contributed by atoms with Gasteiger partial charge >= 0.3 is 6.03 Å². The van der Waals surface area contributed by atoms with Crippen LogP contribution in [0.3, 0.4) is 0 Å². The molecule has 1 N–H and O–H groups in total. The first kappa shape index (κ1) is 16.6. The molecule has 0 fully saturated rings. The number of nitriles is 1. The summed E-state index contributed by atoms with van der Waals surface area (Å²) in [5.41, 5.74) is 0.914. The lowest BCUT2D eigenvalue weighted by Gasteiger charge is -2.20. The lowest BCUT2D eigenvalue weighted by molar-refractivity contribution is 0.201. The number of carbonyl (C=O) groups excluding carboxylic acids is 1. The Kier molecular flexibility index (Phi) is 6.88. The van der Waals surface area contributed by atoms with Crippen LogP contribution in [0.25, 0.3) is 0 Å². The molecule has 0 unspecified atom stereocenters. The molecular formula is C15H21N3O3. The summed E-state index contributed by atoms with van der Waals surface area (Å²) < 4.78 is 10.4. The Balaban J connectivity index is 2.62. The number of ether oxygens (including phenoxy) is 2. The van der Waals surface area contributed by atoms with Crippen LogP contribution in [0.4, 0.5) is 4.79 Å². The van der Waals surface area contributed by atoms with Crippen molar-refractivity contribution in [2.75, 3.05) is 27.3 Å². The summed E-state index contributed by atoms with van der Waals surface area (Å²) in [5.74, 6) is 1.28. The molecule has 0 saturated heterocycles. The number of methoxy groups -OCH3 is 2. The maximum Gasteiger partial charge on any atom is 0.317 e. The number of urea groups is 1. The number of hydrogen-bond donors (Lipinski definition) is 1. The van der Waals surface area contributed by atoms with Gasteiger partial charge in [0.05, 0.1) is 26.7 Å². The predicted octanol–water partition coefficient (Wildman–Crippen LogP) is 2.15. The van der Waals surface area contributed by atoms with Crippen molar-refractivity contribution in [3.63, 3.8) is 0 Å². The summed E-state index contributed by atoms with van der Waals surface area (Å²) in [5, 5.41) is 11.4. The lowest BCUT2D eigenvalue weighted by Crippen LogP contribution is -2.39. The van der Waals surface area contributed by atoms with Crippen LogP contribution in [-0.4, -0.2) is 38.2 Å². The maximum absolute atomic E-state index is 12.0. The van der Waals surface area contributed by atoms with Gasteiger partial charge in [-0.2, -0.15) is 5.26 Å². The molecule has 114 valence electrons. The van der Waals surface area contributed by atoms with E-state index in [0.717, 1.165) is 5.56 Å². The number of carbonyl (C=O) groups is 1. The largest absolute Gasteiger partial charge is 0.493 e. The van der Waals surface area contributed by atoms with E-state index >= 15 is 0 Å². The molecule has 0 heterocycles. The van der Waals surface area contributed by atoms with Gasteiger partial charge in [-0.3, -0.25) is 0 Å². The first-order valence-electron chi connectivity index (χ1n) is 6.76. The van der Waals surface area contributed by atoms with E-state index in [1.807, 2.05) is 25.1 Å². The highest BCUT2D eigenvalue weighted by Crippen LogP contribution is 2.27. The Labute approximate surface area is 125 Å². The number of rotatable bonds is 7. The Hall–Kier alpha value is -2.42. The van der Waals surface area contributed by atoms with E-state index in [4.69, 9.17) is 14.7 Å².